The van der Waals surface area contributed by atoms with E-state index in [0.29, 0.717) is 6.42 Å². The highest BCUT2D eigenvalue weighted by Gasteiger charge is 2.17. The second-order valence-corrected chi connectivity index (χ2v) is 14.0. The Labute approximate surface area is 299 Å². The van der Waals surface area contributed by atoms with Crippen LogP contribution >= 0.6 is 0 Å². The SMILES string of the molecule is CCCCC/C=C\CCCCCCCC(=O)NC(CO)C(O)/C=C/CC/C=C/CC/C=C/CCCCCCCCCCCCCCCC. The molecule has 1 amide bonds. The molecule has 0 fully saturated rings. The van der Waals surface area contributed by atoms with E-state index in [1.165, 1.54) is 135 Å². The summed E-state index contributed by atoms with van der Waals surface area (Å²) in [4.78, 5) is 12.3. The van der Waals surface area contributed by atoms with Gasteiger partial charge in [-0.25, -0.2) is 0 Å². The van der Waals surface area contributed by atoms with Gasteiger partial charge in [0.15, 0.2) is 0 Å². The molecule has 3 N–H and O–H groups in total. The van der Waals surface area contributed by atoms with Gasteiger partial charge >= 0.3 is 0 Å². The number of rotatable bonds is 37. The number of carbonyl (C=O) groups excluding carboxylic acids is 1. The molecule has 4 heteroatoms. The third-order valence-electron chi connectivity index (χ3n) is 9.26. The highest BCUT2D eigenvalue weighted by molar-refractivity contribution is 5.76. The summed E-state index contributed by atoms with van der Waals surface area (Å²) in [5.74, 6) is -0.0897. The summed E-state index contributed by atoms with van der Waals surface area (Å²) in [6.07, 6.45) is 53.6. The lowest BCUT2D eigenvalue weighted by molar-refractivity contribution is -0.123. The summed E-state index contributed by atoms with van der Waals surface area (Å²) < 4.78 is 0. The Balaban J connectivity index is 3.65. The third kappa shape index (κ3) is 35.7. The Hall–Kier alpha value is -1.65. The number of allylic oxidation sites excluding steroid dienone is 7. The van der Waals surface area contributed by atoms with Crippen LogP contribution in [0.4, 0.5) is 0 Å². The highest BCUT2D eigenvalue weighted by Crippen LogP contribution is 2.14. The molecule has 0 spiro atoms. The normalized spacial score (nSPS) is 13.5. The molecule has 2 unspecified atom stereocenters. The van der Waals surface area contributed by atoms with Gasteiger partial charge in [-0.1, -0.05) is 178 Å². The van der Waals surface area contributed by atoms with Gasteiger partial charge in [0, 0.05) is 6.42 Å². The fourth-order valence-electron chi connectivity index (χ4n) is 6.03. The van der Waals surface area contributed by atoms with Crippen LogP contribution in [0, 0.1) is 0 Å². The van der Waals surface area contributed by atoms with E-state index in [1.807, 2.05) is 6.08 Å². The highest BCUT2D eigenvalue weighted by atomic mass is 16.3. The lowest BCUT2D eigenvalue weighted by Gasteiger charge is -2.19. The van der Waals surface area contributed by atoms with Crippen molar-refractivity contribution in [1.29, 1.82) is 0 Å². The second-order valence-electron chi connectivity index (χ2n) is 14.0. The van der Waals surface area contributed by atoms with E-state index in [-0.39, 0.29) is 12.5 Å². The molecule has 0 radical (unpaired) electrons. The van der Waals surface area contributed by atoms with Gasteiger partial charge in [0.05, 0.1) is 18.8 Å². The Morgan fingerprint density at radius 2 is 0.812 bits per heavy atom. The van der Waals surface area contributed by atoms with Crippen molar-refractivity contribution < 1.29 is 15.0 Å². The molecule has 0 aromatic carbocycles. The lowest BCUT2D eigenvalue weighted by atomic mass is 10.0. The quantitative estimate of drug-likeness (QED) is 0.0455. The van der Waals surface area contributed by atoms with Crippen molar-refractivity contribution in [3.63, 3.8) is 0 Å². The number of hydrogen-bond donors (Lipinski definition) is 3. The average molecular weight is 672 g/mol. The first kappa shape index (κ1) is 46.4. The van der Waals surface area contributed by atoms with Crippen molar-refractivity contribution in [1.82, 2.24) is 5.32 Å². The van der Waals surface area contributed by atoms with Crippen LogP contribution in [0.25, 0.3) is 0 Å². The summed E-state index contributed by atoms with van der Waals surface area (Å²) in [7, 11) is 0. The first-order valence-electron chi connectivity index (χ1n) is 20.9. The number of nitrogens with one attached hydrogen (secondary N) is 1. The van der Waals surface area contributed by atoms with E-state index in [2.05, 4.69) is 55.6 Å². The number of aliphatic hydroxyl groups excluding tert-OH is 2. The van der Waals surface area contributed by atoms with Crippen molar-refractivity contribution in [3.05, 3.63) is 48.6 Å². The molecule has 0 saturated carbocycles. The third-order valence-corrected chi connectivity index (χ3v) is 9.26. The number of aliphatic hydroxyl groups is 2. The predicted octanol–water partition coefficient (Wildman–Crippen LogP) is 12.8. The molecule has 0 rings (SSSR count). The molecule has 0 saturated heterocycles. The number of carbonyl (C=O) groups is 1. The van der Waals surface area contributed by atoms with Crippen molar-refractivity contribution in [2.75, 3.05) is 6.61 Å². The molecular formula is C44H81NO3. The smallest absolute Gasteiger partial charge is 0.220 e. The first-order chi connectivity index (χ1) is 23.7. The minimum atomic E-state index is -0.872. The molecule has 0 aliphatic rings. The van der Waals surface area contributed by atoms with Gasteiger partial charge in [-0.05, 0) is 70.6 Å². The fraction of sp³-hybridized carbons (Fsp3) is 0.795. The van der Waals surface area contributed by atoms with E-state index in [1.54, 1.807) is 6.08 Å². The molecule has 0 aromatic rings. The zero-order valence-corrected chi connectivity index (χ0v) is 32.0. The van der Waals surface area contributed by atoms with Gasteiger partial charge in [-0.15, -0.1) is 0 Å². The lowest BCUT2D eigenvalue weighted by Crippen LogP contribution is -2.45. The molecule has 0 aliphatic carbocycles. The van der Waals surface area contributed by atoms with Crippen LogP contribution in [-0.4, -0.2) is 34.9 Å². The molecule has 4 nitrogen and oxygen atoms in total. The maximum atomic E-state index is 12.3. The largest absolute Gasteiger partial charge is 0.394 e. The zero-order chi connectivity index (χ0) is 35.0. The summed E-state index contributed by atoms with van der Waals surface area (Å²) in [5.41, 5.74) is 0. The number of hydrogen-bond acceptors (Lipinski definition) is 3. The van der Waals surface area contributed by atoms with Gasteiger partial charge in [-0.2, -0.15) is 0 Å². The number of amides is 1. The standard InChI is InChI=1S/C44H81NO3/c1-3-5-7-9-11-13-15-17-18-19-20-21-22-23-24-25-26-27-28-29-31-33-35-37-39-43(47)42(41-46)45-44(48)40-38-36-34-32-30-16-14-12-10-8-6-4-2/h12,14,25-26,29,31,37,39,42-43,46-47H,3-11,13,15-24,27-28,30,32-36,38,40-41H2,1-2H3,(H,45,48)/b14-12-,26-25+,31-29+,39-37+. The summed E-state index contributed by atoms with van der Waals surface area (Å²) in [6, 6.07) is -0.648. The van der Waals surface area contributed by atoms with E-state index < -0.39 is 12.1 Å². The van der Waals surface area contributed by atoms with Gasteiger partial charge in [0.1, 0.15) is 0 Å². The maximum Gasteiger partial charge on any atom is 0.220 e. The van der Waals surface area contributed by atoms with Crippen molar-refractivity contribution in [2.45, 2.75) is 219 Å². The molecule has 0 bridgehead atoms. The van der Waals surface area contributed by atoms with Crippen molar-refractivity contribution in [3.8, 4) is 0 Å². The summed E-state index contributed by atoms with van der Waals surface area (Å²) in [5, 5.41) is 22.9. The van der Waals surface area contributed by atoms with Crippen LogP contribution in [0.15, 0.2) is 48.6 Å². The minimum Gasteiger partial charge on any atom is -0.394 e. The van der Waals surface area contributed by atoms with Crippen LogP contribution < -0.4 is 5.32 Å². The maximum absolute atomic E-state index is 12.3. The predicted molar refractivity (Wildman–Crippen MR) is 211 cm³/mol. The van der Waals surface area contributed by atoms with Crippen LogP contribution in [0.3, 0.4) is 0 Å². The van der Waals surface area contributed by atoms with Gasteiger partial charge in [0.25, 0.3) is 0 Å². The Morgan fingerprint density at radius 3 is 1.25 bits per heavy atom. The van der Waals surface area contributed by atoms with Crippen molar-refractivity contribution in [2.24, 2.45) is 0 Å². The van der Waals surface area contributed by atoms with Crippen molar-refractivity contribution >= 4 is 5.91 Å². The summed E-state index contributed by atoms with van der Waals surface area (Å²) in [6.45, 7) is 4.26. The van der Waals surface area contributed by atoms with E-state index in [0.717, 1.165) is 51.4 Å². The fourth-order valence-corrected chi connectivity index (χ4v) is 6.03. The van der Waals surface area contributed by atoms with E-state index in [9.17, 15) is 15.0 Å². The van der Waals surface area contributed by atoms with E-state index in [4.69, 9.17) is 0 Å². The first-order valence-corrected chi connectivity index (χ1v) is 20.9. The molecule has 2 atom stereocenters. The second kappa shape index (κ2) is 39.8. The molecular weight excluding hydrogens is 590 g/mol. The van der Waals surface area contributed by atoms with Gasteiger partial charge in [0.2, 0.25) is 5.91 Å². The Morgan fingerprint density at radius 1 is 0.479 bits per heavy atom. The van der Waals surface area contributed by atoms with E-state index >= 15 is 0 Å². The monoisotopic (exact) mass is 672 g/mol. The number of unbranched alkanes of at least 4 members (excludes halogenated alkanes) is 24. The molecule has 0 heterocycles. The van der Waals surface area contributed by atoms with Crippen LogP contribution in [-0.2, 0) is 4.79 Å². The Bertz CT molecular complexity index is 771. The zero-order valence-electron chi connectivity index (χ0n) is 32.0. The van der Waals surface area contributed by atoms with Crippen LogP contribution in [0.1, 0.15) is 206 Å². The molecule has 48 heavy (non-hydrogen) atoms. The topological polar surface area (TPSA) is 69.6 Å². The van der Waals surface area contributed by atoms with Crippen LogP contribution in [0.2, 0.25) is 0 Å². The average Bonchev–Trinajstić information content (AvgIpc) is 3.09. The minimum absolute atomic E-state index is 0.0897. The molecule has 0 aromatic heterocycles. The van der Waals surface area contributed by atoms with Crippen LogP contribution in [0.5, 0.6) is 0 Å². The molecule has 280 valence electrons. The summed E-state index contributed by atoms with van der Waals surface area (Å²) >= 11 is 0. The van der Waals surface area contributed by atoms with Gasteiger partial charge in [-0.3, -0.25) is 4.79 Å². The Kier molecular flexibility index (Phi) is 38.4. The van der Waals surface area contributed by atoms with Gasteiger partial charge < -0.3 is 15.5 Å². The molecule has 0 aliphatic heterocycles.